The summed E-state index contributed by atoms with van der Waals surface area (Å²) in [5.74, 6) is 0. The Bertz CT molecular complexity index is 2780. The van der Waals surface area contributed by atoms with Crippen LogP contribution < -0.4 is 4.90 Å². The summed E-state index contributed by atoms with van der Waals surface area (Å²) in [4.78, 5) is 2.31. The van der Waals surface area contributed by atoms with Gasteiger partial charge in [-0.05, 0) is 83.9 Å². The van der Waals surface area contributed by atoms with Crippen molar-refractivity contribution < 1.29 is 0 Å². The molecule has 0 aliphatic carbocycles. The monoisotopic (exact) mass is 651 g/mol. The molecule has 0 radical (unpaired) electrons. The smallest absolute Gasteiger partial charge is 0.0788 e. The largest absolute Gasteiger partial charge is 0.311 e. The molecule has 0 atom stereocenters. The number of rotatable bonds is 6. The van der Waals surface area contributed by atoms with E-state index in [1.165, 1.54) is 54.7 Å². The third-order valence-electron chi connectivity index (χ3n) is 10.1. The van der Waals surface area contributed by atoms with Gasteiger partial charge in [0.2, 0.25) is 0 Å². The molecule has 3 nitrogen and oxygen atoms in total. The molecule has 0 aliphatic heterocycles. The zero-order valence-corrected chi connectivity index (χ0v) is 27.9. The number of nitrogens with zero attached hydrogens (tertiary/aromatic N) is 3. The van der Waals surface area contributed by atoms with Crippen molar-refractivity contribution in [3.05, 3.63) is 200 Å². The van der Waals surface area contributed by atoms with E-state index in [1.54, 1.807) is 0 Å². The topological polar surface area (TPSA) is 13.1 Å². The first kappa shape index (κ1) is 29.1. The lowest BCUT2D eigenvalue weighted by Crippen LogP contribution is -2.09. The summed E-state index contributed by atoms with van der Waals surface area (Å²) in [6, 6.07) is 72.0. The summed E-state index contributed by atoms with van der Waals surface area (Å²) >= 11 is 0. The average molecular weight is 652 g/mol. The second kappa shape index (κ2) is 11.9. The molecule has 3 heteroatoms. The fourth-order valence-corrected chi connectivity index (χ4v) is 7.82. The van der Waals surface area contributed by atoms with Gasteiger partial charge in [0.05, 0.1) is 22.1 Å². The lowest BCUT2D eigenvalue weighted by Gasteiger charge is -2.25. The van der Waals surface area contributed by atoms with Crippen LogP contribution in [0.25, 0.3) is 66.1 Å². The minimum atomic E-state index is 1.11. The predicted octanol–water partition coefficient (Wildman–Crippen LogP) is 13.0. The second-order valence-corrected chi connectivity index (χ2v) is 13.0. The van der Waals surface area contributed by atoms with Gasteiger partial charge in [-0.15, -0.1) is 0 Å². The first-order valence-corrected chi connectivity index (χ1v) is 17.5. The Morgan fingerprint density at radius 3 is 1.37 bits per heavy atom. The molecule has 51 heavy (non-hydrogen) atoms. The average Bonchev–Trinajstić information content (AvgIpc) is 3.72. The molecule has 10 aromatic rings. The summed E-state index contributed by atoms with van der Waals surface area (Å²) in [6.45, 7) is 0. The van der Waals surface area contributed by atoms with Gasteiger partial charge in [-0.1, -0.05) is 127 Å². The van der Waals surface area contributed by atoms with Crippen LogP contribution >= 0.6 is 0 Å². The van der Waals surface area contributed by atoms with E-state index in [2.05, 4.69) is 214 Å². The van der Waals surface area contributed by atoms with Gasteiger partial charge in [0.25, 0.3) is 0 Å². The van der Waals surface area contributed by atoms with Crippen LogP contribution in [0.15, 0.2) is 200 Å². The van der Waals surface area contributed by atoms with Crippen LogP contribution in [0.5, 0.6) is 0 Å². The maximum Gasteiger partial charge on any atom is 0.0788 e. The molecule has 0 bridgehead atoms. The maximum absolute atomic E-state index is 2.47. The van der Waals surface area contributed by atoms with E-state index in [1.807, 2.05) is 0 Å². The standard InChI is InChI=1S/C48H33N3/c1-5-15-34(16-6-1)35-25-30-42-44-32-31-43-41-23-13-14-24-45(41)50(47(43)48(44)51(46(42)33-35)38-21-11-4-12-22-38)40-28-26-39(27-29-40)49(36-17-7-2-8-18-36)37-19-9-3-10-20-37/h1-33H. The summed E-state index contributed by atoms with van der Waals surface area (Å²) in [7, 11) is 0. The van der Waals surface area contributed by atoms with Crippen LogP contribution in [0, 0.1) is 0 Å². The normalized spacial score (nSPS) is 11.5. The molecule has 0 saturated heterocycles. The van der Waals surface area contributed by atoms with E-state index in [0.29, 0.717) is 0 Å². The van der Waals surface area contributed by atoms with Crippen LogP contribution in [0.4, 0.5) is 17.1 Å². The van der Waals surface area contributed by atoms with Crippen molar-refractivity contribution in [2.75, 3.05) is 4.90 Å². The van der Waals surface area contributed by atoms with Crippen molar-refractivity contribution >= 4 is 60.7 Å². The van der Waals surface area contributed by atoms with Crippen molar-refractivity contribution in [3.8, 4) is 22.5 Å². The maximum atomic E-state index is 2.47. The SMILES string of the molecule is c1ccc(-c2ccc3c4ccc5c6ccccc6n(-c6ccc(N(c7ccccc7)c7ccccc7)cc6)c5c4n(-c4ccccc4)c3c2)cc1. The first-order valence-electron chi connectivity index (χ1n) is 17.5. The number of anilines is 3. The number of aromatic nitrogens is 2. The van der Waals surface area contributed by atoms with Crippen molar-refractivity contribution in [3.63, 3.8) is 0 Å². The minimum Gasteiger partial charge on any atom is -0.311 e. The number of hydrogen-bond donors (Lipinski definition) is 0. The van der Waals surface area contributed by atoms with Gasteiger partial charge < -0.3 is 14.0 Å². The van der Waals surface area contributed by atoms with E-state index >= 15 is 0 Å². The van der Waals surface area contributed by atoms with Crippen LogP contribution in [-0.4, -0.2) is 9.13 Å². The van der Waals surface area contributed by atoms with Gasteiger partial charge in [0.15, 0.2) is 0 Å². The number of hydrogen-bond acceptors (Lipinski definition) is 1. The molecule has 0 aliphatic rings. The van der Waals surface area contributed by atoms with Crippen molar-refractivity contribution in [1.82, 2.24) is 9.13 Å². The van der Waals surface area contributed by atoms with Crippen molar-refractivity contribution in [2.24, 2.45) is 0 Å². The van der Waals surface area contributed by atoms with Crippen molar-refractivity contribution in [1.29, 1.82) is 0 Å². The molecule has 0 spiro atoms. The predicted molar refractivity (Wildman–Crippen MR) is 215 cm³/mol. The summed E-state index contributed by atoms with van der Waals surface area (Å²) in [5.41, 5.74) is 12.8. The van der Waals surface area contributed by atoms with E-state index in [9.17, 15) is 0 Å². The molecule has 0 fully saturated rings. The molecule has 2 aromatic heterocycles. The van der Waals surface area contributed by atoms with Gasteiger partial charge in [-0.3, -0.25) is 0 Å². The second-order valence-electron chi connectivity index (χ2n) is 13.0. The molecular weight excluding hydrogens is 619 g/mol. The molecular formula is C48H33N3. The van der Waals surface area contributed by atoms with E-state index in [4.69, 9.17) is 0 Å². The fourth-order valence-electron chi connectivity index (χ4n) is 7.82. The Kier molecular flexibility index (Phi) is 6.81. The van der Waals surface area contributed by atoms with Gasteiger partial charge in [0, 0.05) is 50.0 Å². The Balaban J connectivity index is 1.26. The molecule has 0 unspecified atom stereocenters. The van der Waals surface area contributed by atoms with Gasteiger partial charge in [-0.25, -0.2) is 0 Å². The van der Waals surface area contributed by atoms with Gasteiger partial charge in [-0.2, -0.15) is 0 Å². The van der Waals surface area contributed by atoms with Gasteiger partial charge in [0.1, 0.15) is 0 Å². The summed E-state index contributed by atoms with van der Waals surface area (Å²) in [5, 5.41) is 4.95. The van der Waals surface area contributed by atoms with Gasteiger partial charge >= 0.3 is 0 Å². The molecule has 10 rings (SSSR count). The Morgan fingerprint density at radius 2 is 0.745 bits per heavy atom. The number of fused-ring (bicyclic) bond motifs is 7. The highest BCUT2D eigenvalue weighted by Crippen LogP contribution is 2.43. The van der Waals surface area contributed by atoms with Crippen LogP contribution in [0.3, 0.4) is 0 Å². The molecule has 240 valence electrons. The first-order chi connectivity index (χ1) is 25.3. The Labute approximate surface area is 296 Å². The lowest BCUT2D eigenvalue weighted by molar-refractivity contribution is 1.15. The lowest BCUT2D eigenvalue weighted by atomic mass is 10.0. The zero-order chi connectivity index (χ0) is 33.7. The molecule has 8 aromatic carbocycles. The molecule has 0 amide bonds. The van der Waals surface area contributed by atoms with E-state index in [0.717, 1.165) is 28.4 Å². The fraction of sp³-hybridized carbons (Fsp3) is 0. The highest BCUT2D eigenvalue weighted by atomic mass is 15.1. The summed E-state index contributed by atoms with van der Waals surface area (Å²) < 4.78 is 4.93. The van der Waals surface area contributed by atoms with Crippen LogP contribution in [-0.2, 0) is 0 Å². The van der Waals surface area contributed by atoms with Crippen LogP contribution in [0.2, 0.25) is 0 Å². The third-order valence-corrected chi connectivity index (χ3v) is 10.1. The van der Waals surface area contributed by atoms with E-state index in [-0.39, 0.29) is 0 Å². The van der Waals surface area contributed by atoms with Crippen LogP contribution in [0.1, 0.15) is 0 Å². The van der Waals surface area contributed by atoms with E-state index < -0.39 is 0 Å². The number of benzene rings is 8. The Morgan fingerprint density at radius 1 is 0.294 bits per heavy atom. The quantitative estimate of drug-likeness (QED) is 0.174. The molecule has 2 heterocycles. The minimum absolute atomic E-state index is 1.11. The Hall–Kier alpha value is -6.84. The third kappa shape index (κ3) is 4.74. The molecule has 0 saturated carbocycles. The summed E-state index contributed by atoms with van der Waals surface area (Å²) in [6.07, 6.45) is 0. The number of para-hydroxylation sites is 4. The van der Waals surface area contributed by atoms with Crippen molar-refractivity contribution in [2.45, 2.75) is 0 Å². The molecule has 0 N–H and O–H groups in total. The highest BCUT2D eigenvalue weighted by molar-refractivity contribution is 6.24. The zero-order valence-electron chi connectivity index (χ0n) is 27.9. The highest BCUT2D eigenvalue weighted by Gasteiger charge is 2.22.